The van der Waals surface area contributed by atoms with Crippen molar-refractivity contribution in [3.05, 3.63) is 88.9 Å². The van der Waals surface area contributed by atoms with Gasteiger partial charge in [0.1, 0.15) is 29.6 Å². The maximum atomic E-state index is 13.0. The van der Waals surface area contributed by atoms with Gasteiger partial charge in [-0.05, 0) is 41.1 Å². The molecule has 7 heteroatoms. The molecule has 4 aromatic rings. The fourth-order valence-electron chi connectivity index (χ4n) is 3.60. The molecule has 0 aliphatic rings. The molecule has 1 amide bonds. The van der Waals surface area contributed by atoms with E-state index in [2.05, 4.69) is 11.4 Å². The smallest absolute Gasteiger partial charge is 0.255 e. The van der Waals surface area contributed by atoms with Gasteiger partial charge in [0.2, 0.25) is 0 Å². The number of carbonyl (C=O) groups is 1. The van der Waals surface area contributed by atoms with Crippen molar-refractivity contribution < 1.29 is 23.7 Å². The first-order valence-corrected chi connectivity index (χ1v) is 10.9. The molecule has 0 saturated heterocycles. The lowest BCUT2D eigenvalue weighted by Gasteiger charge is -2.15. The second kappa shape index (κ2) is 10.4. The second-order valence-electron chi connectivity index (χ2n) is 7.47. The Kier molecular flexibility index (Phi) is 7.09. The van der Waals surface area contributed by atoms with Crippen molar-refractivity contribution in [1.29, 1.82) is 0 Å². The van der Waals surface area contributed by atoms with E-state index in [0.29, 0.717) is 33.5 Å². The van der Waals surface area contributed by atoms with Crippen LogP contribution >= 0.6 is 11.6 Å². The Morgan fingerprint density at radius 1 is 0.794 bits per heavy atom. The molecule has 6 nitrogen and oxygen atoms in total. The quantitative estimate of drug-likeness (QED) is 0.320. The van der Waals surface area contributed by atoms with E-state index >= 15 is 0 Å². The lowest BCUT2D eigenvalue weighted by Crippen LogP contribution is -2.14. The summed E-state index contributed by atoms with van der Waals surface area (Å²) < 4.78 is 22.1. The summed E-state index contributed by atoms with van der Waals surface area (Å²) in [6.07, 6.45) is 0. The number of halogens is 1. The zero-order valence-electron chi connectivity index (χ0n) is 19.1. The third-order valence-electron chi connectivity index (χ3n) is 5.38. The maximum Gasteiger partial charge on any atom is 0.255 e. The Labute approximate surface area is 203 Å². The number of ether oxygens (including phenoxy) is 4. The van der Waals surface area contributed by atoms with Crippen LogP contribution < -0.4 is 24.3 Å². The normalized spacial score (nSPS) is 10.6. The predicted molar refractivity (Wildman–Crippen MR) is 134 cm³/mol. The molecule has 0 aromatic heterocycles. The summed E-state index contributed by atoms with van der Waals surface area (Å²) in [7, 11) is 4.59. The molecule has 0 heterocycles. The molecule has 1 N–H and O–H groups in total. The molecule has 4 rings (SSSR count). The largest absolute Gasteiger partial charge is 0.496 e. The lowest BCUT2D eigenvalue weighted by molar-refractivity contribution is 0.102. The van der Waals surface area contributed by atoms with Crippen molar-refractivity contribution in [3.63, 3.8) is 0 Å². The molecular formula is C27H24ClNO5. The van der Waals surface area contributed by atoms with E-state index < -0.39 is 0 Å². The van der Waals surface area contributed by atoms with Crippen LogP contribution in [-0.2, 0) is 6.61 Å². The topological polar surface area (TPSA) is 66.0 Å². The van der Waals surface area contributed by atoms with Gasteiger partial charge in [0, 0.05) is 23.3 Å². The van der Waals surface area contributed by atoms with E-state index in [-0.39, 0.29) is 12.5 Å². The van der Waals surface area contributed by atoms with Crippen LogP contribution in [0, 0.1) is 0 Å². The molecular weight excluding hydrogens is 454 g/mol. The molecule has 0 bridgehead atoms. The van der Waals surface area contributed by atoms with E-state index in [4.69, 9.17) is 30.5 Å². The van der Waals surface area contributed by atoms with Crippen molar-refractivity contribution in [3.8, 4) is 23.0 Å². The highest BCUT2D eigenvalue weighted by molar-refractivity contribution is 6.32. The van der Waals surface area contributed by atoms with Gasteiger partial charge in [0.15, 0.2) is 0 Å². The van der Waals surface area contributed by atoms with E-state index in [9.17, 15) is 4.79 Å². The van der Waals surface area contributed by atoms with Gasteiger partial charge in [-0.25, -0.2) is 0 Å². The summed E-state index contributed by atoms with van der Waals surface area (Å²) in [5, 5.41) is 5.47. The van der Waals surface area contributed by atoms with Crippen LogP contribution in [0.5, 0.6) is 23.0 Å². The van der Waals surface area contributed by atoms with Gasteiger partial charge >= 0.3 is 0 Å². The zero-order valence-corrected chi connectivity index (χ0v) is 19.8. The van der Waals surface area contributed by atoms with Crippen molar-refractivity contribution in [2.24, 2.45) is 0 Å². The van der Waals surface area contributed by atoms with Gasteiger partial charge in [0.05, 0.1) is 32.0 Å². The molecule has 0 radical (unpaired) electrons. The minimum absolute atomic E-state index is 0.237. The Balaban J connectivity index is 1.55. The molecule has 0 unspecified atom stereocenters. The number of benzene rings is 4. The van der Waals surface area contributed by atoms with Gasteiger partial charge in [-0.3, -0.25) is 4.79 Å². The molecule has 0 saturated carbocycles. The van der Waals surface area contributed by atoms with Crippen LogP contribution in [0.2, 0.25) is 5.02 Å². The zero-order chi connectivity index (χ0) is 24.1. The van der Waals surface area contributed by atoms with Crippen LogP contribution in [0.3, 0.4) is 0 Å². The minimum atomic E-state index is -0.322. The molecule has 0 aliphatic carbocycles. The highest BCUT2D eigenvalue weighted by Crippen LogP contribution is 2.36. The third kappa shape index (κ3) is 5.02. The Morgan fingerprint density at radius 2 is 1.53 bits per heavy atom. The molecule has 4 aromatic carbocycles. The summed E-state index contributed by atoms with van der Waals surface area (Å²) in [5.74, 6) is 1.89. The third-order valence-corrected chi connectivity index (χ3v) is 5.68. The Hall–Kier alpha value is -3.90. The van der Waals surface area contributed by atoms with E-state index in [1.165, 1.54) is 14.2 Å². The number of rotatable bonds is 8. The highest BCUT2D eigenvalue weighted by atomic mass is 35.5. The van der Waals surface area contributed by atoms with Crippen molar-refractivity contribution >= 4 is 34.0 Å². The van der Waals surface area contributed by atoms with E-state index in [1.54, 1.807) is 37.4 Å². The van der Waals surface area contributed by atoms with Crippen molar-refractivity contribution in [2.75, 3.05) is 26.6 Å². The molecule has 174 valence electrons. The Bertz CT molecular complexity index is 1340. The second-order valence-corrected chi connectivity index (χ2v) is 7.87. The van der Waals surface area contributed by atoms with Crippen LogP contribution in [0.25, 0.3) is 10.8 Å². The highest BCUT2D eigenvalue weighted by Gasteiger charge is 2.16. The van der Waals surface area contributed by atoms with Crippen molar-refractivity contribution in [1.82, 2.24) is 0 Å². The maximum absolute atomic E-state index is 13.0. The average Bonchev–Trinajstić information content (AvgIpc) is 2.87. The average molecular weight is 478 g/mol. The first-order chi connectivity index (χ1) is 16.5. The standard InChI is InChI=1S/C27H24ClNO5/c1-31-24-11-9-19(27(30)29-23-15-25(32-2)22(28)14-26(23)33-3)12-20(24)16-34-21-10-8-17-6-4-5-7-18(17)13-21/h4-15H,16H2,1-3H3,(H,29,30). The van der Waals surface area contributed by atoms with Gasteiger partial charge in [-0.15, -0.1) is 0 Å². The molecule has 0 spiro atoms. The molecule has 34 heavy (non-hydrogen) atoms. The van der Waals surface area contributed by atoms with Gasteiger partial charge in [-0.1, -0.05) is 41.9 Å². The summed E-state index contributed by atoms with van der Waals surface area (Å²) >= 11 is 6.16. The van der Waals surface area contributed by atoms with Gasteiger partial charge in [-0.2, -0.15) is 0 Å². The van der Waals surface area contributed by atoms with Gasteiger partial charge in [0.25, 0.3) is 5.91 Å². The summed E-state index contributed by atoms with van der Waals surface area (Å²) in [6, 6.07) is 22.4. The van der Waals surface area contributed by atoms with Crippen LogP contribution in [-0.4, -0.2) is 27.2 Å². The lowest BCUT2D eigenvalue weighted by atomic mass is 10.1. The first-order valence-electron chi connectivity index (χ1n) is 10.5. The van der Waals surface area contributed by atoms with Crippen LogP contribution in [0.4, 0.5) is 5.69 Å². The summed E-state index contributed by atoms with van der Waals surface area (Å²) in [6.45, 7) is 0.237. The fraction of sp³-hybridized carbons (Fsp3) is 0.148. The van der Waals surface area contributed by atoms with Crippen molar-refractivity contribution in [2.45, 2.75) is 6.61 Å². The van der Waals surface area contributed by atoms with E-state index in [1.807, 2.05) is 36.4 Å². The number of hydrogen-bond donors (Lipinski definition) is 1. The summed E-state index contributed by atoms with van der Waals surface area (Å²) in [5.41, 5.74) is 1.62. The van der Waals surface area contributed by atoms with Gasteiger partial charge < -0.3 is 24.3 Å². The molecule has 0 aliphatic heterocycles. The predicted octanol–water partition coefficient (Wildman–Crippen LogP) is 6.35. The number of anilines is 1. The number of methoxy groups -OCH3 is 3. The number of fused-ring (bicyclic) bond motifs is 1. The SMILES string of the molecule is COc1cc(NC(=O)c2ccc(OC)c(COc3ccc4ccccc4c3)c2)c(OC)cc1Cl. The monoisotopic (exact) mass is 477 g/mol. The Morgan fingerprint density at radius 3 is 2.26 bits per heavy atom. The fourth-order valence-corrected chi connectivity index (χ4v) is 3.83. The first kappa shape index (κ1) is 23.3. The van der Waals surface area contributed by atoms with E-state index in [0.717, 1.165) is 22.1 Å². The number of carbonyl (C=O) groups excluding carboxylic acids is 1. The molecule has 0 fully saturated rings. The van der Waals surface area contributed by atoms with Crippen LogP contribution in [0.1, 0.15) is 15.9 Å². The number of hydrogen-bond acceptors (Lipinski definition) is 5. The molecule has 0 atom stereocenters. The minimum Gasteiger partial charge on any atom is -0.496 e. The number of nitrogens with one attached hydrogen (secondary N) is 1. The van der Waals surface area contributed by atoms with Crippen LogP contribution in [0.15, 0.2) is 72.8 Å². The number of amides is 1. The summed E-state index contributed by atoms with van der Waals surface area (Å²) in [4.78, 5) is 13.0.